The van der Waals surface area contributed by atoms with Crippen molar-refractivity contribution in [1.29, 1.82) is 0 Å². The van der Waals surface area contributed by atoms with E-state index < -0.39 is 0 Å². The third-order valence-electron chi connectivity index (χ3n) is 9.37. The van der Waals surface area contributed by atoms with Crippen LogP contribution in [0.3, 0.4) is 0 Å². The van der Waals surface area contributed by atoms with Crippen LogP contribution in [0.15, 0.2) is 105 Å². The third kappa shape index (κ3) is 6.82. The van der Waals surface area contributed by atoms with Crippen LogP contribution in [-0.2, 0) is 10.8 Å². The molecule has 2 heterocycles. The van der Waals surface area contributed by atoms with Gasteiger partial charge in [-0.25, -0.2) is 9.98 Å². The first-order valence-electron chi connectivity index (χ1n) is 15.9. The molecule has 0 atom stereocenters. The van der Waals surface area contributed by atoms with Crippen molar-refractivity contribution in [2.75, 3.05) is 31.1 Å². The maximum absolute atomic E-state index is 7.19. The first-order valence-corrected chi connectivity index (χ1v) is 17.1. The van der Waals surface area contributed by atoms with Gasteiger partial charge in [0.05, 0.1) is 28.8 Å². The minimum Gasteiger partial charge on any atom is -0.344 e. The summed E-state index contributed by atoms with van der Waals surface area (Å²) in [7, 11) is 0. The molecule has 2 aromatic carbocycles. The van der Waals surface area contributed by atoms with Gasteiger partial charge in [-0.3, -0.25) is 0 Å². The van der Waals surface area contributed by atoms with Crippen molar-refractivity contribution in [3.8, 4) is 0 Å². The molecule has 0 amide bonds. The lowest BCUT2D eigenvalue weighted by molar-refractivity contribution is -0.437. The van der Waals surface area contributed by atoms with Crippen molar-refractivity contribution in [3.05, 3.63) is 106 Å². The van der Waals surface area contributed by atoms with E-state index in [-0.39, 0.29) is 10.8 Å². The number of allylic oxidation sites excluding steroid dienone is 8. The average molecular weight is 654 g/mol. The largest absolute Gasteiger partial charge is 0.344 e. The smallest absolute Gasteiger partial charge is 0.209 e. The van der Waals surface area contributed by atoms with E-state index in [1.807, 2.05) is 0 Å². The van der Waals surface area contributed by atoms with E-state index in [1.165, 1.54) is 45.1 Å². The van der Waals surface area contributed by atoms with Gasteiger partial charge < -0.3 is 4.90 Å². The summed E-state index contributed by atoms with van der Waals surface area (Å²) in [5.41, 5.74) is 9.94. The number of para-hydroxylation sites is 2. The quantitative estimate of drug-likeness (QED) is 0.105. The molecule has 0 fully saturated rings. The van der Waals surface area contributed by atoms with Crippen LogP contribution in [0.2, 0.25) is 0 Å². The van der Waals surface area contributed by atoms with Crippen molar-refractivity contribution in [2.45, 2.75) is 70.6 Å². The minimum absolute atomic E-state index is 0.119. The number of halogens is 1. The van der Waals surface area contributed by atoms with Gasteiger partial charge in [-0.05, 0) is 92.8 Å². The van der Waals surface area contributed by atoms with E-state index in [1.54, 1.807) is 0 Å². The predicted molar refractivity (Wildman–Crippen MR) is 197 cm³/mol. The van der Waals surface area contributed by atoms with Gasteiger partial charge in [0.1, 0.15) is 0 Å². The lowest BCUT2D eigenvalue weighted by atomic mass is 9.81. The Hall–Kier alpha value is -3.24. The minimum atomic E-state index is -0.119. The summed E-state index contributed by atoms with van der Waals surface area (Å²) in [6.45, 7) is 12.3. The van der Waals surface area contributed by atoms with Gasteiger partial charge in [0.2, 0.25) is 5.69 Å². The first kappa shape index (κ1) is 33.1. The lowest BCUT2D eigenvalue weighted by Gasteiger charge is -2.27. The monoisotopic (exact) mass is 653 g/mol. The van der Waals surface area contributed by atoms with E-state index in [0.717, 1.165) is 50.2 Å². The molecule has 0 unspecified atom stereocenters. The number of aliphatic imine (C=N–C) groups is 2. The fraction of sp³-hybridized carbons (Fsp3) is 0.395. The van der Waals surface area contributed by atoms with E-state index in [0.29, 0.717) is 13.1 Å². The van der Waals surface area contributed by atoms with Crippen LogP contribution in [0.5, 0.6) is 0 Å². The molecule has 0 saturated heterocycles. The second-order valence-electron chi connectivity index (χ2n) is 12.9. The number of nitrogens with zero attached hydrogens (tertiary/aromatic N) is 4. The van der Waals surface area contributed by atoms with Gasteiger partial charge in [0.15, 0.2) is 12.3 Å². The highest BCUT2D eigenvalue weighted by Gasteiger charge is 2.44. The Labute approximate surface area is 284 Å². The molecule has 2 aliphatic heterocycles. The van der Waals surface area contributed by atoms with Crippen molar-refractivity contribution < 1.29 is 4.58 Å². The predicted octanol–water partition coefficient (Wildman–Crippen LogP) is 9.89. The van der Waals surface area contributed by atoms with Crippen molar-refractivity contribution >= 4 is 63.4 Å². The number of rotatable bonds is 11. The molecule has 0 spiro atoms. The van der Waals surface area contributed by atoms with E-state index >= 15 is 0 Å². The zero-order valence-corrected chi connectivity index (χ0v) is 29.2. The van der Waals surface area contributed by atoms with Gasteiger partial charge in [-0.1, -0.05) is 74.0 Å². The molecule has 1 aliphatic carbocycles. The van der Waals surface area contributed by atoms with Crippen LogP contribution < -0.4 is 4.90 Å². The molecule has 0 bridgehead atoms. The van der Waals surface area contributed by atoms with Crippen LogP contribution in [-0.4, -0.2) is 46.8 Å². The molecule has 232 valence electrons. The molecule has 0 radical (unpaired) electrons. The Morgan fingerprint density at radius 2 is 1.56 bits per heavy atom. The highest BCUT2D eigenvalue weighted by Crippen LogP contribution is 2.48. The fourth-order valence-electron chi connectivity index (χ4n) is 7.04. The highest BCUT2D eigenvalue weighted by molar-refractivity contribution is 7.78. The zero-order chi connectivity index (χ0) is 32.0. The highest BCUT2D eigenvalue weighted by atomic mass is 35.5. The Kier molecular flexibility index (Phi) is 10.6. The second-order valence-corrected chi connectivity index (χ2v) is 13.6. The summed E-state index contributed by atoms with van der Waals surface area (Å²) in [5.74, 6) is 0. The van der Waals surface area contributed by atoms with Crippen molar-refractivity contribution in [1.82, 2.24) is 0 Å². The summed E-state index contributed by atoms with van der Waals surface area (Å²) in [6, 6.07) is 17.4. The molecule has 2 aromatic rings. The van der Waals surface area contributed by atoms with Crippen molar-refractivity contribution in [3.63, 3.8) is 0 Å². The maximum atomic E-state index is 7.19. The van der Waals surface area contributed by atoms with Gasteiger partial charge in [0, 0.05) is 52.5 Å². The normalized spacial score (nSPS) is 20.1. The molecule has 3 aliphatic rings. The fourth-order valence-corrected chi connectivity index (χ4v) is 7.54. The Morgan fingerprint density at radius 3 is 2.31 bits per heavy atom. The second kappa shape index (κ2) is 14.5. The van der Waals surface area contributed by atoms with Crippen LogP contribution in [0.4, 0.5) is 11.4 Å². The maximum Gasteiger partial charge on any atom is 0.209 e. The molecule has 0 saturated carbocycles. The molecular formula is C38H42ClN4S2+. The summed E-state index contributed by atoms with van der Waals surface area (Å²) in [4.78, 5) is 10.7. The third-order valence-corrected chi connectivity index (χ3v) is 10.1. The Bertz CT molecular complexity index is 1710. The molecule has 4 nitrogen and oxygen atoms in total. The molecule has 5 rings (SSSR count). The van der Waals surface area contributed by atoms with E-state index in [9.17, 15) is 0 Å². The van der Waals surface area contributed by atoms with E-state index in [2.05, 4.69) is 130 Å². The summed E-state index contributed by atoms with van der Waals surface area (Å²) in [5, 5.41) is 5.87. The zero-order valence-electron chi connectivity index (χ0n) is 26.8. The standard InChI is InChI=1S/C38H42ClN4S2/c1-37(2)30-14-5-7-16-32(30)42(24-10-22-40-26-44)34(37)20-18-28-12-9-13-29(36(28)39)19-21-35-38(3,4)31-15-6-8-17-33(31)43(35)25-11-23-41-27-45/h5-8,14-21H,9-13,22-25H2,1-4H3/q+1. The molecule has 45 heavy (non-hydrogen) atoms. The van der Waals surface area contributed by atoms with Gasteiger partial charge in [-0.2, -0.15) is 4.58 Å². The average Bonchev–Trinajstić information content (AvgIpc) is 3.38. The van der Waals surface area contributed by atoms with E-state index in [4.69, 9.17) is 36.0 Å². The summed E-state index contributed by atoms with van der Waals surface area (Å²) >= 11 is 16.8. The molecule has 0 aromatic heterocycles. The molecule has 0 N–H and O–H groups in total. The van der Waals surface area contributed by atoms with Crippen LogP contribution in [0.1, 0.15) is 70.9 Å². The SMILES string of the molecule is CC1(C)C(=CC=C2CCCC(C=CC3=[N+](CCCN=C=S)c4ccccc4C3(C)C)=C2Cl)N(CCCN=C=S)c2ccccc21. The number of isothiocyanates is 2. The van der Waals surface area contributed by atoms with Gasteiger partial charge in [0.25, 0.3) is 0 Å². The number of hydrogen-bond donors (Lipinski definition) is 0. The number of benzene rings is 2. The number of fused-ring (bicyclic) bond motifs is 2. The van der Waals surface area contributed by atoms with Crippen LogP contribution in [0, 0.1) is 0 Å². The number of thiocarbonyl (C=S) groups is 2. The summed E-state index contributed by atoms with van der Waals surface area (Å²) < 4.78 is 2.44. The topological polar surface area (TPSA) is 31.0 Å². The van der Waals surface area contributed by atoms with Crippen LogP contribution in [0.25, 0.3) is 0 Å². The number of hydrogen-bond acceptors (Lipinski definition) is 5. The van der Waals surface area contributed by atoms with Crippen LogP contribution >= 0.6 is 36.0 Å². The Balaban J connectivity index is 1.46. The Morgan fingerprint density at radius 1 is 0.867 bits per heavy atom. The first-order chi connectivity index (χ1) is 21.7. The molecular weight excluding hydrogens is 612 g/mol. The summed E-state index contributed by atoms with van der Waals surface area (Å²) in [6.07, 6.45) is 13.9. The molecule has 7 heteroatoms. The lowest BCUT2D eigenvalue weighted by Crippen LogP contribution is -2.28. The van der Waals surface area contributed by atoms with Crippen molar-refractivity contribution in [2.24, 2.45) is 9.98 Å². The number of anilines is 1. The van der Waals surface area contributed by atoms with Gasteiger partial charge >= 0.3 is 0 Å². The van der Waals surface area contributed by atoms with Gasteiger partial charge in [-0.15, -0.1) is 0 Å².